The van der Waals surface area contributed by atoms with Gasteiger partial charge >= 0.3 is 12.1 Å². The smallest absolute Gasteiger partial charge is 0.410 e. The van der Waals surface area contributed by atoms with Gasteiger partial charge in [0.1, 0.15) is 17.5 Å². The Morgan fingerprint density at radius 3 is 2.39 bits per heavy atom. The summed E-state index contributed by atoms with van der Waals surface area (Å²) in [4.78, 5) is 38.6. The molecule has 1 aliphatic carbocycles. The molecule has 0 aromatic heterocycles. The van der Waals surface area contributed by atoms with Crippen molar-refractivity contribution in [2.45, 2.75) is 70.9 Å². The third-order valence-electron chi connectivity index (χ3n) is 6.06. The van der Waals surface area contributed by atoms with E-state index in [0.717, 1.165) is 37.8 Å². The van der Waals surface area contributed by atoms with Crippen molar-refractivity contribution in [3.8, 4) is 0 Å². The van der Waals surface area contributed by atoms with E-state index in [1.54, 1.807) is 20.8 Å². The van der Waals surface area contributed by atoms with Crippen LogP contribution in [0.3, 0.4) is 0 Å². The number of ether oxygens (including phenoxy) is 1. The number of hydrogen-bond acceptors (Lipinski definition) is 4. The highest BCUT2D eigenvalue weighted by molar-refractivity contribution is 5.97. The maximum atomic E-state index is 14.1. The Morgan fingerprint density at radius 2 is 1.81 bits per heavy atom. The van der Waals surface area contributed by atoms with Crippen LogP contribution >= 0.6 is 0 Å². The predicted molar refractivity (Wildman–Crippen MR) is 113 cm³/mol. The molecule has 31 heavy (non-hydrogen) atoms. The van der Waals surface area contributed by atoms with E-state index < -0.39 is 41.0 Å². The highest BCUT2D eigenvalue weighted by Gasteiger charge is 2.46. The number of carboxylic acids is 1. The summed E-state index contributed by atoms with van der Waals surface area (Å²) in [6.45, 7) is 5.77. The summed E-state index contributed by atoms with van der Waals surface area (Å²) in [5.74, 6) is -2.34. The van der Waals surface area contributed by atoms with E-state index in [1.807, 2.05) is 0 Å². The molecule has 2 N–H and O–H groups in total. The van der Waals surface area contributed by atoms with Crippen LogP contribution in [0.15, 0.2) is 18.2 Å². The number of anilines is 1. The fraction of sp³-hybridized carbons (Fsp3) is 0.609. The van der Waals surface area contributed by atoms with Gasteiger partial charge in [0.25, 0.3) is 0 Å². The first-order valence-electron chi connectivity index (χ1n) is 10.9. The fourth-order valence-electron chi connectivity index (χ4n) is 4.72. The molecule has 2 atom stereocenters. The summed E-state index contributed by atoms with van der Waals surface area (Å²) in [5, 5.41) is 11.7. The maximum Gasteiger partial charge on any atom is 0.410 e. The summed E-state index contributed by atoms with van der Waals surface area (Å²) >= 11 is 0. The zero-order valence-electron chi connectivity index (χ0n) is 18.3. The number of carbonyl (C=O) groups is 3. The summed E-state index contributed by atoms with van der Waals surface area (Å²) in [6.07, 6.45) is 5.66. The standard InChI is InChI=1S/C23H31FN2O5/c1-23(2,3)31-22(30)26-12-11-16(14-7-5-4-6-8-14)19(26)20(27)25-15-9-10-17(21(28)29)18(24)13-15/h9-10,13-14,16,19H,4-8,11-12H2,1-3H3,(H,25,27)(H,28,29)/t16-,19+/m0/s1. The van der Waals surface area contributed by atoms with Crippen LogP contribution in [0, 0.1) is 17.7 Å². The van der Waals surface area contributed by atoms with E-state index in [9.17, 15) is 18.8 Å². The molecular formula is C23H31FN2O5. The first-order chi connectivity index (χ1) is 14.6. The van der Waals surface area contributed by atoms with Gasteiger partial charge in [-0.25, -0.2) is 14.0 Å². The van der Waals surface area contributed by atoms with E-state index in [4.69, 9.17) is 9.84 Å². The first-order valence-corrected chi connectivity index (χ1v) is 10.9. The molecular weight excluding hydrogens is 403 g/mol. The minimum Gasteiger partial charge on any atom is -0.478 e. The Labute approximate surface area is 181 Å². The molecule has 0 spiro atoms. The van der Waals surface area contributed by atoms with E-state index in [2.05, 4.69) is 5.32 Å². The van der Waals surface area contributed by atoms with Crippen molar-refractivity contribution < 1.29 is 28.6 Å². The van der Waals surface area contributed by atoms with Gasteiger partial charge in [-0.15, -0.1) is 0 Å². The Kier molecular flexibility index (Phi) is 6.86. The van der Waals surface area contributed by atoms with Crippen molar-refractivity contribution in [3.05, 3.63) is 29.6 Å². The number of carboxylic acid groups (broad SMARTS) is 1. The molecule has 7 nitrogen and oxygen atoms in total. The molecule has 1 aliphatic heterocycles. The average Bonchev–Trinajstić information content (AvgIpc) is 3.12. The minimum absolute atomic E-state index is 0.0101. The number of aromatic carboxylic acids is 1. The number of nitrogens with one attached hydrogen (secondary N) is 1. The van der Waals surface area contributed by atoms with E-state index in [-0.39, 0.29) is 11.6 Å². The lowest BCUT2D eigenvalue weighted by Gasteiger charge is -2.34. The zero-order valence-corrected chi connectivity index (χ0v) is 18.3. The number of halogens is 1. The lowest BCUT2D eigenvalue weighted by Crippen LogP contribution is -2.49. The molecule has 0 bridgehead atoms. The van der Waals surface area contributed by atoms with Gasteiger partial charge in [-0.3, -0.25) is 9.69 Å². The molecule has 3 rings (SSSR count). The van der Waals surface area contributed by atoms with Crippen LogP contribution in [0.4, 0.5) is 14.9 Å². The highest BCUT2D eigenvalue weighted by atomic mass is 19.1. The molecule has 1 aromatic rings. The zero-order chi connectivity index (χ0) is 22.8. The number of amides is 2. The molecule has 1 heterocycles. The van der Waals surface area contributed by atoms with E-state index >= 15 is 0 Å². The molecule has 0 radical (unpaired) electrons. The molecule has 0 unspecified atom stereocenters. The Bertz CT molecular complexity index is 845. The molecule has 1 aromatic carbocycles. The van der Waals surface area contributed by atoms with Gasteiger partial charge in [-0.05, 0) is 57.2 Å². The molecule has 2 amide bonds. The monoisotopic (exact) mass is 434 g/mol. The van der Waals surface area contributed by atoms with Crippen molar-refractivity contribution in [3.63, 3.8) is 0 Å². The largest absolute Gasteiger partial charge is 0.478 e. The van der Waals surface area contributed by atoms with E-state index in [1.165, 1.54) is 17.4 Å². The van der Waals surface area contributed by atoms with Gasteiger partial charge in [-0.2, -0.15) is 0 Å². The maximum absolute atomic E-state index is 14.1. The Hall–Kier alpha value is -2.64. The molecule has 2 fully saturated rings. The summed E-state index contributed by atoms with van der Waals surface area (Å²) in [7, 11) is 0. The second-order valence-corrected chi connectivity index (χ2v) is 9.46. The summed E-state index contributed by atoms with van der Waals surface area (Å²) < 4.78 is 19.6. The highest BCUT2D eigenvalue weighted by Crippen LogP contribution is 2.39. The third kappa shape index (κ3) is 5.54. The van der Waals surface area contributed by atoms with Gasteiger partial charge in [0.05, 0.1) is 5.56 Å². The molecule has 2 aliphatic rings. The number of carbonyl (C=O) groups excluding carboxylic acids is 2. The lowest BCUT2D eigenvalue weighted by molar-refractivity contribution is -0.122. The van der Waals surface area contributed by atoms with Gasteiger partial charge in [0.2, 0.25) is 5.91 Å². The van der Waals surface area contributed by atoms with Crippen LogP contribution in [0.1, 0.15) is 69.7 Å². The number of likely N-dealkylation sites (tertiary alicyclic amines) is 1. The normalized spacial score (nSPS) is 22.3. The number of hydrogen-bond donors (Lipinski definition) is 2. The van der Waals surface area contributed by atoms with Crippen molar-refractivity contribution >= 4 is 23.7 Å². The second-order valence-electron chi connectivity index (χ2n) is 9.46. The average molecular weight is 435 g/mol. The van der Waals surface area contributed by atoms with Gasteiger partial charge in [0.15, 0.2) is 0 Å². The van der Waals surface area contributed by atoms with E-state index in [0.29, 0.717) is 18.9 Å². The van der Waals surface area contributed by atoms with Crippen molar-refractivity contribution in [2.24, 2.45) is 11.8 Å². The van der Waals surface area contributed by atoms with Crippen LogP contribution < -0.4 is 5.32 Å². The Morgan fingerprint density at radius 1 is 1.13 bits per heavy atom. The second kappa shape index (κ2) is 9.24. The van der Waals surface area contributed by atoms with Crippen LogP contribution in [-0.4, -0.2) is 46.2 Å². The van der Waals surface area contributed by atoms with Gasteiger partial charge in [-0.1, -0.05) is 32.1 Å². The van der Waals surface area contributed by atoms with Crippen molar-refractivity contribution in [1.82, 2.24) is 4.90 Å². The van der Waals surface area contributed by atoms with Crippen LogP contribution in [0.25, 0.3) is 0 Å². The van der Waals surface area contributed by atoms with Crippen LogP contribution in [0.5, 0.6) is 0 Å². The van der Waals surface area contributed by atoms with Gasteiger partial charge in [0, 0.05) is 12.2 Å². The third-order valence-corrected chi connectivity index (χ3v) is 6.06. The molecule has 1 saturated heterocycles. The summed E-state index contributed by atoms with van der Waals surface area (Å²) in [5.41, 5.74) is -0.989. The first kappa shape index (κ1) is 23.0. The van der Waals surface area contributed by atoms with Crippen LogP contribution in [-0.2, 0) is 9.53 Å². The summed E-state index contributed by atoms with van der Waals surface area (Å²) in [6, 6.07) is 2.75. The lowest BCUT2D eigenvalue weighted by atomic mass is 9.76. The SMILES string of the molecule is CC(C)(C)OC(=O)N1CC[C@@H](C2CCCCC2)[C@@H]1C(=O)Nc1ccc(C(=O)O)c(F)c1. The quantitative estimate of drug-likeness (QED) is 0.718. The van der Waals surface area contributed by atoms with Crippen molar-refractivity contribution in [1.29, 1.82) is 0 Å². The Balaban J connectivity index is 1.83. The van der Waals surface area contributed by atoms with Crippen molar-refractivity contribution in [2.75, 3.05) is 11.9 Å². The topological polar surface area (TPSA) is 95.9 Å². The predicted octanol–water partition coefficient (Wildman–Crippen LogP) is 4.67. The number of benzene rings is 1. The van der Waals surface area contributed by atoms with Crippen LogP contribution in [0.2, 0.25) is 0 Å². The number of rotatable bonds is 4. The molecule has 1 saturated carbocycles. The molecule has 170 valence electrons. The fourth-order valence-corrected chi connectivity index (χ4v) is 4.72. The number of nitrogens with zero attached hydrogens (tertiary/aromatic N) is 1. The minimum atomic E-state index is -1.38. The molecule has 8 heteroatoms. The van der Waals surface area contributed by atoms with Gasteiger partial charge < -0.3 is 15.2 Å².